The van der Waals surface area contributed by atoms with Gasteiger partial charge in [-0.05, 0) is 35.2 Å². The summed E-state index contributed by atoms with van der Waals surface area (Å²) in [5, 5.41) is 2.05. The van der Waals surface area contributed by atoms with E-state index in [4.69, 9.17) is 4.74 Å². The predicted molar refractivity (Wildman–Crippen MR) is 80.7 cm³/mol. The number of hydrogen-bond acceptors (Lipinski definition) is 4. The third-order valence-corrected chi connectivity index (χ3v) is 5.05. The first-order chi connectivity index (χ1) is 9.26. The second kappa shape index (κ2) is 5.15. The molecule has 0 aliphatic rings. The highest BCUT2D eigenvalue weighted by Gasteiger charge is 2.12. The number of Topliss-reactive ketones (excluding diaryl/α,β-unsaturated/α-hetero) is 1. The average Bonchev–Trinajstić information content (AvgIpc) is 2.99. The standard InChI is InChI=1S/C15H12O2S2/c1-17-11-4-2-3-10(7-11)8-12(16)14-9-15-13(19-14)5-6-18-15/h2-7,9H,8H2,1H3. The minimum atomic E-state index is 0.168. The number of methoxy groups -OCH3 is 1. The van der Waals surface area contributed by atoms with Crippen LogP contribution in [0.5, 0.6) is 5.75 Å². The molecule has 0 aliphatic heterocycles. The minimum absolute atomic E-state index is 0.168. The maximum Gasteiger partial charge on any atom is 0.177 e. The summed E-state index contributed by atoms with van der Waals surface area (Å²) in [6.07, 6.45) is 0.422. The van der Waals surface area contributed by atoms with Crippen molar-refractivity contribution in [1.82, 2.24) is 0 Å². The summed E-state index contributed by atoms with van der Waals surface area (Å²) < 4.78 is 7.56. The SMILES string of the molecule is COc1cccc(CC(=O)c2cc3sccc3s2)c1. The molecule has 96 valence electrons. The maximum atomic E-state index is 12.3. The summed E-state index contributed by atoms with van der Waals surface area (Å²) in [5.74, 6) is 0.958. The van der Waals surface area contributed by atoms with Gasteiger partial charge in [0.15, 0.2) is 5.78 Å². The van der Waals surface area contributed by atoms with Crippen LogP contribution in [0.15, 0.2) is 41.8 Å². The quantitative estimate of drug-likeness (QED) is 0.665. The van der Waals surface area contributed by atoms with Crippen molar-refractivity contribution in [1.29, 1.82) is 0 Å². The van der Waals surface area contributed by atoms with E-state index < -0.39 is 0 Å². The molecule has 3 rings (SSSR count). The Morgan fingerprint density at radius 3 is 2.89 bits per heavy atom. The van der Waals surface area contributed by atoms with Crippen LogP contribution in [-0.2, 0) is 6.42 Å². The molecule has 2 aromatic heterocycles. The van der Waals surface area contributed by atoms with Crippen molar-refractivity contribution in [2.45, 2.75) is 6.42 Å². The van der Waals surface area contributed by atoms with Gasteiger partial charge in [0.25, 0.3) is 0 Å². The lowest BCUT2D eigenvalue weighted by molar-refractivity contribution is 0.0997. The van der Waals surface area contributed by atoms with E-state index >= 15 is 0 Å². The van der Waals surface area contributed by atoms with E-state index in [1.165, 1.54) is 9.40 Å². The molecule has 2 nitrogen and oxygen atoms in total. The number of ether oxygens (including phenoxy) is 1. The van der Waals surface area contributed by atoms with Crippen molar-refractivity contribution in [2.24, 2.45) is 0 Å². The zero-order valence-electron chi connectivity index (χ0n) is 10.4. The Bertz CT molecular complexity index is 696. The zero-order chi connectivity index (χ0) is 13.2. The lowest BCUT2D eigenvalue weighted by atomic mass is 10.1. The van der Waals surface area contributed by atoms with Crippen LogP contribution >= 0.6 is 22.7 Å². The van der Waals surface area contributed by atoms with Gasteiger partial charge in [-0.2, -0.15) is 0 Å². The molecule has 0 unspecified atom stereocenters. The summed E-state index contributed by atoms with van der Waals surface area (Å²) >= 11 is 3.25. The van der Waals surface area contributed by atoms with E-state index in [0.29, 0.717) is 6.42 Å². The van der Waals surface area contributed by atoms with Gasteiger partial charge in [-0.3, -0.25) is 4.79 Å². The van der Waals surface area contributed by atoms with Crippen molar-refractivity contribution in [3.63, 3.8) is 0 Å². The van der Waals surface area contributed by atoms with Crippen LogP contribution in [0.2, 0.25) is 0 Å². The van der Waals surface area contributed by atoms with E-state index in [2.05, 4.69) is 11.4 Å². The van der Waals surface area contributed by atoms with Crippen LogP contribution in [-0.4, -0.2) is 12.9 Å². The van der Waals surface area contributed by atoms with Crippen LogP contribution in [0, 0.1) is 0 Å². The van der Waals surface area contributed by atoms with Crippen LogP contribution in [0.25, 0.3) is 9.40 Å². The summed E-state index contributed by atoms with van der Waals surface area (Å²) in [7, 11) is 1.63. The number of thiophene rings is 2. The Labute approximate surface area is 119 Å². The first kappa shape index (κ1) is 12.4. The first-order valence-corrected chi connectivity index (χ1v) is 7.59. The Kier molecular flexibility index (Phi) is 3.36. The molecule has 4 heteroatoms. The van der Waals surface area contributed by atoms with Gasteiger partial charge >= 0.3 is 0 Å². The Morgan fingerprint density at radius 1 is 1.21 bits per heavy atom. The molecule has 0 saturated heterocycles. The summed E-state index contributed by atoms with van der Waals surface area (Å²) in [4.78, 5) is 13.1. The van der Waals surface area contributed by atoms with E-state index in [-0.39, 0.29) is 5.78 Å². The molecule has 0 bridgehead atoms. The van der Waals surface area contributed by atoms with Crippen LogP contribution in [0.1, 0.15) is 15.2 Å². The minimum Gasteiger partial charge on any atom is -0.497 e. The van der Waals surface area contributed by atoms with Crippen molar-refractivity contribution < 1.29 is 9.53 Å². The molecule has 0 atom stereocenters. The molecule has 0 radical (unpaired) electrons. The molecular formula is C15H12O2S2. The number of hydrogen-bond donors (Lipinski definition) is 0. The smallest absolute Gasteiger partial charge is 0.177 e. The van der Waals surface area contributed by atoms with Gasteiger partial charge in [-0.1, -0.05) is 12.1 Å². The third kappa shape index (κ3) is 2.55. The molecule has 0 fully saturated rings. The van der Waals surface area contributed by atoms with Crippen LogP contribution in [0.3, 0.4) is 0 Å². The van der Waals surface area contributed by atoms with Gasteiger partial charge in [0.05, 0.1) is 12.0 Å². The molecule has 3 aromatic rings. The topological polar surface area (TPSA) is 26.3 Å². The Hall–Kier alpha value is -1.65. The molecule has 0 spiro atoms. The van der Waals surface area contributed by atoms with Gasteiger partial charge in [0.1, 0.15) is 5.75 Å². The lowest BCUT2D eigenvalue weighted by Gasteiger charge is -2.03. The lowest BCUT2D eigenvalue weighted by Crippen LogP contribution is -2.01. The second-order valence-corrected chi connectivity index (χ2v) is 6.24. The van der Waals surface area contributed by atoms with Crippen molar-refractivity contribution in [3.8, 4) is 5.75 Å². The fraction of sp³-hybridized carbons (Fsp3) is 0.133. The van der Waals surface area contributed by atoms with Gasteiger partial charge in [0.2, 0.25) is 0 Å². The van der Waals surface area contributed by atoms with Crippen molar-refractivity contribution in [2.75, 3.05) is 7.11 Å². The number of carbonyl (C=O) groups is 1. The summed E-state index contributed by atoms with van der Waals surface area (Å²) in [6, 6.07) is 11.7. The predicted octanol–water partition coefficient (Wildman–Crippen LogP) is 4.40. The fourth-order valence-corrected chi connectivity index (χ4v) is 4.00. The van der Waals surface area contributed by atoms with E-state index in [0.717, 1.165) is 16.2 Å². The molecule has 0 saturated carbocycles. The zero-order valence-corrected chi connectivity index (χ0v) is 12.0. The van der Waals surface area contributed by atoms with Crippen molar-refractivity contribution in [3.05, 3.63) is 52.2 Å². The highest BCUT2D eigenvalue weighted by atomic mass is 32.1. The molecule has 1 aromatic carbocycles. The second-order valence-electron chi connectivity index (χ2n) is 4.21. The molecule has 0 amide bonds. The molecule has 19 heavy (non-hydrogen) atoms. The van der Waals surface area contributed by atoms with Crippen LogP contribution in [0.4, 0.5) is 0 Å². The summed E-state index contributed by atoms with van der Waals surface area (Å²) in [6.45, 7) is 0. The molecular weight excluding hydrogens is 276 g/mol. The molecule has 2 heterocycles. The van der Waals surface area contributed by atoms with Gasteiger partial charge in [-0.15, -0.1) is 22.7 Å². The monoisotopic (exact) mass is 288 g/mol. The van der Waals surface area contributed by atoms with Gasteiger partial charge < -0.3 is 4.74 Å². The Morgan fingerprint density at radius 2 is 2.11 bits per heavy atom. The molecule has 0 aliphatic carbocycles. The van der Waals surface area contributed by atoms with E-state index in [1.807, 2.05) is 30.3 Å². The average molecular weight is 288 g/mol. The highest BCUT2D eigenvalue weighted by Crippen LogP contribution is 2.30. The van der Waals surface area contributed by atoms with Gasteiger partial charge in [-0.25, -0.2) is 0 Å². The first-order valence-electron chi connectivity index (χ1n) is 5.89. The van der Waals surface area contributed by atoms with Crippen molar-refractivity contribution >= 4 is 37.9 Å². The third-order valence-electron chi connectivity index (χ3n) is 2.91. The highest BCUT2D eigenvalue weighted by molar-refractivity contribution is 7.27. The van der Waals surface area contributed by atoms with Crippen LogP contribution < -0.4 is 4.74 Å². The number of ketones is 1. The van der Waals surface area contributed by atoms with E-state index in [9.17, 15) is 4.79 Å². The number of benzene rings is 1. The largest absolute Gasteiger partial charge is 0.497 e. The number of carbonyl (C=O) groups excluding carboxylic acids is 1. The summed E-state index contributed by atoms with van der Waals surface area (Å²) in [5.41, 5.74) is 0.987. The normalized spacial score (nSPS) is 10.8. The number of rotatable bonds is 4. The van der Waals surface area contributed by atoms with E-state index in [1.54, 1.807) is 29.8 Å². The number of fused-ring (bicyclic) bond motifs is 1. The maximum absolute atomic E-state index is 12.3. The molecule has 0 N–H and O–H groups in total. The van der Waals surface area contributed by atoms with Gasteiger partial charge in [0, 0.05) is 15.8 Å². The Balaban J connectivity index is 1.82. The fourth-order valence-electron chi connectivity index (χ4n) is 1.96.